The number of carbonyl (C=O) groups excluding carboxylic acids is 1. The van der Waals surface area contributed by atoms with Crippen molar-refractivity contribution in [2.24, 2.45) is 0 Å². The molecule has 1 amide bonds. The summed E-state index contributed by atoms with van der Waals surface area (Å²) in [5, 5.41) is 7.30. The summed E-state index contributed by atoms with van der Waals surface area (Å²) in [7, 11) is 1.75. The summed E-state index contributed by atoms with van der Waals surface area (Å²) in [5.41, 5.74) is 5.05. The maximum Gasteiger partial charge on any atom is 0.255 e. The minimum atomic E-state index is 0.0660. The van der Waals surface area contributed by atoms with E-state index < -0.39 is 0 Å². The van der Waals surface area contributed by atoms with Crippen molar-refractivity contribution in [1.82, 2.24) is 15.2 Å². The van der Waals surface area contributed by atoms with Gasteiger partial charge in [0.2, 0.25) is 0 Å². The Morgan fingerprint density at radius 2 is 1.87 bits per heavy atom. The highest BCUT2D eigenvalue weighted by Gasteiger charge is 2.31. The Morgan fingerprint density at radius 3 is 2.64 bits per heavy atom. The van der Waals surface area contributed by atoms with E-state index in [-0.39, 0.29) is 24.2 Å². The van der Waals surface area contributed by atoms with Gasteiger partial charge in [-0.25, -0.2) is 0 Å². The lowest BCUT2D eigenvalue weighted by molar-refractivity contribution is -0.0533. The van der Waals surface area contributed by atoms with E-state index in [1.165, 1.54) is 11.1 Å². The summed E-state index contributed by atoms with van der Waals surface area (Å²) in [4.78, 5) is 19.9. The number of amides is 1. The molecular weight excluding hydrogens is 492 g/mol. The van der Waals surface area contributed by atoms with Crippen LogP contribution in [0.5, 0.6) is 0 Å². The highest BCUT2D eigenvalue weighted by Crippen LogP contribution is 2.32. The fraction of sp³-hybridized carbons (Fsp3) is 0.613. The SMILES string of the molecule is CO[C@@H]1COCC[C@@H]1NC1CCN(C(=O)c2cncc(NC[C@H]3CCC[C@@H](c4ccc(C)cc4)O3)c2C)CC1. The van der Waals surface area contributed by atoms with E-state index in [1.807, 2.05) is 18.0 Å². The quantitative estimate of drug-likeness (QED) is 0.517. The number of nitrogens with one attached hydrogen (secondary N) is 2. The number of nitrogens with zero attached hydrogens (tertiary/aromatic N) is 2. The molecule has 5 rings (SSSR count). The van der Waals surface area contributed by atoms with Gasteiger partial charge in [-0.15, -0.1) is 0 Å². The van der Waals surface area contributed by atoms with Crippen LogP contribution in [0.4, 0.5) is 5.69 Å². The Kier molecular flexibility index (Phi) is 9.50. The number of aromatic nitrogens is 1. The number of hydrogen-bond donors (Lipinski definition) is 2. The lowest BCUT2D eigenvalue weighted by Gasteiger charge is -2.38. The van der Waals surface area contributed by atoms with Gasteiger partial charge >= 0.3 is 0 Å². The van der Waals surface area contributed by atoms with Gasteiger partial charge in [0, 0.05) is 51.6 Å². The number of anilines is 1. The first-order valence-corrected chi connectivity index (χ1v) is 14.6. The molecule has 3 fully saturated rings. The van der Waals surface area contributed by atoms with Crippen LogP contribution >= 0.6 is 0 Å². The number of ether oxygens (including phenoxy) is 3. The van der Waals surface area contributed by atoms with Crippen LogP contribution < -0.4 is 10.6 Å². The number of aryl methyl sites for hydroxylation is 1. The Hall–Kier alpha value is -2.52. The van der Waals surface area contributed by atoms with Crippen molar-refractivity contribution in [3.63, 3.8) is 0 Å². The number of piperidine rings is 1. The third kappa shape index (κ3) is 6.98. The van der Waals surface area contributed by atoms with Gasteiger partial charge in [-0.3, -0.25) is 9.78 Å². The molecule has 0 spiro atoms. The number of carbonyl (C=O) groups is 1. The van der Waals surface area contributed by atoms with Crippen molar-refractivity contribution in [2.45, 2.75) is 82.8 Å². The largest absolute Gasteiger partial charge is 0.381 e. The van der Waals surface area contributed by atoms with Gasteiger partial charge in [0.25, 0.3) is 5.91 Å². The summed E-state index contributed by atoms with van der Waals surface area (Å²) in [6.07, 6.45) is 9.96. The number of methoxy groups -OCH3 is 1. The van der Waals surface area contributed by atoms with Gasteiger partial charge in [-0.2, -0.15) is 0 Å². The lowest BCUT2D eigenvalue weighted by atomic mass is 9.97. The number of rotatable bonds is 8. The highest BCUT2D eigenvalue weighted by atomic mass is 16.5. The van der Waals surface area contributed by atoms with Crippen LogP contribution in [0.3, 0.4) is 0 Å². The van der Waals surface area contributed by atoms with Crippen LogP contribution in [-0.2, 0) is 14.2 Å². The zero-order valence-corrected chi connectivity index (χ0v) is 23.7. The Labute approximate surface area is 232 Å². The summed E-state index contributed by atoms with van der Waals surface area (Å²) in [6.45, 7) is 7.72. The predicted octanol–water partition coefficient (Wildman–Crippen LogP) is 4.42. The van der Waals surface area contributed by atoms with E-state index in [4.69, 9.17) is 14.2 Å². The van der Waals surface area contributed by atoms with Crippen molar-refractivity contribution in [3.05, 3.63) is 58.9 Å². The molecule has 1 aromatic heterocycles. The van der Waals surface area contributed by atoms with Crippen molar-refractivity contribution in [2.75, 3.05) is 45.3 Å². The minimum Gasteiger partial charge on any atom is -0.381 e. The molecule has 0 radical (unpaired) electrons. The van der Waals surface area contributed by atoms with Crippen LogP contribution in [0.2, 0.25) is 0 Å². The van der Waals surface area contributed by atoms with Gasteiger partial charge < -0.3 is 29.7 Å². The second-order valence-corrected chi connectivity index (χ2v) is 11.3. The summed E-state index contributed by atoms with van der Waals surface area (Å²) < 4.78 is 17.6. The first kappa shape index (κ1) is 28.0. The molecule has 2 aromatic rings. The Bertz CT molecular complexity index is 1090. The average Bonchev–Trinajstić information content (AvgIpc) is 2.97. The number of hydrogen-bond acceptors (Lipinski definition) is 7. The molecule has 2 N–H and O–H groups in total. The van der Waals surface area contributed by atoms with E-state index in [0.717, 1.165) is 69.5 Å². The molecule has 8 heteroatoms. The van der Waals surface area contributed by atoms with E-state index in [2.05, 4.69) is 46.8 Å². The molecule has 0 bridgehead atoms. The van der Waals surface area contributed by atoms with Crippen LogP contribution in [0.15, 0.2) is 36.7 Å². The smallest absolute Gasteiger partial charge is 0.255 e. The zero-order chi connectivity index (χ0) is 27.2. The molecule has 0 unspecified atom stereocenters. The third-order valence-electron chi connectivity index (χ3n) is 8.60. The van der Waals surface area contributed by atoms with Crippen molar-refractivity contribution >= 4 is 11.6 Å². The molecule has 3 aliphatic rings. The van der Waals surface area contributed by atoms with Crippen LogP contribution in [0, 0.1) is 13.8 Å². The van der Waals surface area contributed by atoms with Gasteiger partial charge in [-0.1, -0.05) is 29.8 Å². The Balaban J connectivity index is 1.13. The second kappa shape index (κ2) is 13.2. The van der Waals surface area contributed by atoms with Crippen molar-refractivity contribution < 1.29 is 19.0 Å². The predicted molar refractivity (Wildman–Crippen MR) is 152 cm³/mol. The van der Waals surface area contributed by atoms with E-state index >= 15 is 0 Å². The molecule has 4 heterocycles. The maximum atomic E-state index is 13.5. The average molecular weight is 537 g/mol. The highest BCUT2D eigenvalue weighted by molar-refractivity contribution is 5.96. The maximum absolute atomic E-state index is 13.5. The molecule has 3 aliphatic heterocycles. The molecule has 0 aliphatic carbocycles. The lowest BCUT2D eigenvalue weighted by Crippen LogP contribution is -2.54. The van der Waals surface area contributed by atoms with Crippen LogP contribution in [0.1, 0.15) is 71.7 Å². The topological polar surface area (TPSA) is 85.0 Å². The first-order valence-electron chi connectivity index (χ1n) is 14.6. The monoisotopic (exact) mass is 536 g/mol. The fourth-order valence-electron chi connectivity index (χ4n) is 6.08. The van der Waals surface area contributed by atoms with E-state index in [9.17, 15) is 4.79 Å². The summed E-state index contributed by atoms with van der Waals surface area (Å²) >= 11 is 0. The van der Waals surface area contributed by atoms with Gasteiger partial charge in [0.15, 0.2) is 0 Å². The number of likely N-dealkylation sites (tertiary alicyclic amines) is 1. The minimum absolute atomic E-state index is 0.0660. The van der Waals surface area contributed by atoms with Crippen molar-refractivity contribution in [1.29, 1.82) is 0 Å². The van der Waals surface area contributed by atoms with Gasteiger partial charge in [-0.05, 0) is 63.5 Å². The molecule has 0 saturated carbocycles. The first-order chi connectivity index (χ1) is 19.0. The number of benzene rings is 1. The summed E-state index contributed by atoms with van der Waals surface area (Å²) in [5.74, 6) is 0.0660. The zero-order valence-electron chi connectivity index (χ0n) is 23.7. The van der Waals surface area contributed by atoms with E-state index in [1.54, 1.807) is 13.3 Å². The molecule has 1 aromatic carbocycles. The van der Waals surface area contributed by atoms with Gasteiger partial charge in [0.05, 0.1) is 42.4 Å². The summed E-state index contributed by atoms with van der Waals surface area (Å²) in [6, 6.07) is 9.37. The van der Waals surface area contributed by atoms with Gasteiger partial charge in [0.1, 0.15) is 0 Å². The van der Waals surface area contributed by atoms with E-state index in [0.29, 0.717) is 30.8 Å². The molecule has 39 heavy (non-hydrogen) atoms. The standard InChI is InChI=1S/C31H44N4O4/c1-21-7-9-23(10-8-21)29-6-4-5-25(39-29)17-33-28-19-32-18-26(22(28)2)31(36)35-14-11-24(12-15-35)34-27-13-16-38-20-30(27)37-3/h7-10,18-19,24-25,27,29-30,33-34H,4-6,11-17,20H2,1-3H3/t25-,27+,29+,30-/m1/s1. The number of pyridine rings is 1. The molecular formula is C31H44N4O4. The van der Waals surface area contributed by atoms with Crippen molar-refractivity contribution in [3.8, 4) is 0 Å². The molecule has 4 atom stereocenters. The molecule has 8 nitrogen and oxygen atoms in total. The Morgan fingerprint density at radius 1 is 1.08 bits per heavy atom. The fourth-order valence-corrected chi connectivity index (χ4v) is 6.08. The van der Waals surface area contributed by atoms with Crippen LogP contribution in [0.25, 0.3) is 0 Å². The van der Waals surface area contributed by atoms with Crippen LogP contribution in [-0.4, -0.2) is 80.0 Å². The molecule has 212 valence electrons. The third-order valence-corrected chi connectivity index (χ3v) is 8.60. The normalized spacial score (nSPS) is 26.4. The second-order valence-electron chi connectivity index (χ2n) is 11.3. The molecule has 3 saturated heterocycles.